The lowest BCUT2D eigenvalue weighted by Crippen LogP contribution is -2.55. The second-order valence-corrected chi connectivity index (χ2v) is 6.30. The normalized spacial score (nSPS) is 15.3. The van der Waals surface area contributed by atoms with Crippen LogP contribution in [0.3, 0.4) is 0 Å². The first-order chi connectivity index (χ1) is 12.1. The van der Waals surface area contributed by atoms with Crippen LogP contribution in [0.25, 0.3) is 0 Å². The highest BCUT2D eigenvalue weighted by Gasteiger charge is 2.25. The summed E-state index contributed by atoms with van der Waals surface area (Å²) in [7, 11) is 0. The van der Waals surface area contributed by atoms with Crippen LogP contribution in [-0.4, -0.2) is 65.3 Å². The Balaban J connectivity index is 4.55. The van der Waals surface area contributed by atoms with Crippen molar-refractivity contribution in [1.82, 2.24) is 16.0 Å². The van der Waals surface area contributed by atoms with Gasteiger partial charge in [0.25, 0.3) is 0 Å². The summed E-state index contributed by atoms with van der Waals surface area (Å²) in [5, 5.41) is 16.3. The number of aliphatic carboxylic acids is 1. The van der Waals surface area contributed by atoms with Gasteiger partial charge < -0.3 is 32.5 Å². The molecule has 0 aliphatic rings. The number of amides is 3. The summed E-state index contributed by atoms with van der Waals surface area (Å²) in [6, 6.07) is -3.79. The number of hydrogen-bond acceptors (Lipinski definition) is 7. The molecule has 4 unspecified atom stereocenters. The van der Waals surface area contributed by atoms with Crippen molar-refractivity contribution in [2.45, 2.75) is 57.3 Å². The number of unbranched alkanes of at least 4 members (excludes halogenated alkanes) is 1. The predicted molar refractivity (Wildman–Crippen MR) is 99.5 cm³/mol. The number of carbonyl (C=O) groups is 4. The minimum absolute atomic E-state index is 0.125. The van der Waals surface area contributed by atoms with E-state index in [-0.39, 0.29) is 12.2 Å². The van der Waals surface area contributed by atoms with Crippen LogP contribution in [0.4, 0.5) is 0 Å². The van der Waals surface area contributed by atoms with Gasteiger partial charge in [-0.05, 0) is 39.7 Å². The Morgan fingerprint density at radius 3 is 1.92 bits per heavy atom. The third-order valence-corrected chi connectivity index (χ3v) is 3.99. The lowest BCUT2D eigenvalue weighted by atomic mass is 10.1. The maximum Gasteiger partial charge on any atom is 0.326 e. The topological polar surface area (TPSA) is 177 Å². The summed E-state index contributed by atoms with van der Waals surface area (Å²) >= 11 is 3.90. The van der Waals surface area contributed by atoms with Gasteiger partial charge in [0.1, 0.15) is 18.1 Å². The molecule has 0 rings (SSSR count). The first kappa shape index (κ1) is 24.1. The van der Waals surface area contributed by atoms with Crippen molar-refractivity contribution in [3.63, 3.8) is 0 Å². The van der Waals surface area contributed by atoms with Crippen LogP contribution in [0, 0.1) is 0 Å². The number of carboxylic acids is 1. The standard InChI is InChI=1S/C15H29N5O5S/c1-8(19-14(23)10(17)7-26)12(21)18-9(2)13(22)20-11(15(24)25)5-3-4-6-16/h8-11,26H,3-7,16-17H2,1-2H3,(H,18,21)(H,19,23)(H,20,22)(H,24,25). The minimum Gasteiger partial charge on any atom is -0.480 e. The van der Waals surface area contributed by atoms with E-state index in [1.807, 2.05) is 0 Å². The van der Waals surface area contributed by atoms with E-state index in [0.29, 0.717) is 19.4 Å². The second kappa shape index (κ2) is 12.5. The summed E-state index contributed by atoms with van der Waals surface area (Å²) in [6.45, 7) is 3.29. The van der Waals surface area contributed by atoms with E-state index in [1.54, 1.807) is 0 Å². The minimum atomic E-state index is -1.16. The van der Waals surface area contributed by atoms with Crippen LogP contribution < -0.4 is 27.4 Å². The van der Waals surface area contributed by atoms with Gasteiger partial charge in [-0.15, -0.1) is 0 Å². The summed E-state index contributed by atoms with van der Waals surface area (Å²) in [5.74, 6) is -2.80. The number of nitrogens with two attached hydrogens (primary N) is 2. The Hall–Kier alpha value is -1.85. The molecule has 0 saturated heterocycles. The summed E-state index contributed by atoms with van der Waals surface area (Å²) < 4.78 is 0. The van der Waals surface area contributed by atoms with E-state index >= 15 is 0 Å². The zero-order valence-corrected chi connectivity index (χ0v) is 15.9. The fraction of sp³-hybridized carbons (Fsp3) is 0.733. The Kier molecular flexibility index (Phi) is 11.6. The Bertz CT molecular complexity index is 505. The molecule has 4 atom stereocenters. The van der Waals surface area contributed by atoms with E-state index < -0.39 is 47.9 Å². The first-order valence-electron chi connectivity index (χ1n) is 8.34. The summed E-state index contributed by atoms with van der Waals surface area (Å²) in [4.78, 5) is 47.0. The maximum atomic E-state index is 12.1. The third-order valence-electron chi connectivity index (χ3n) is 3.60. The smallest absolute Gasteiger partial charge is 0.326 e. The van der Waals surface area contributed by atoms with Crippen LogP contribution in [-0.2, 0) is 19.2 Å². The molecule has 10 nitrogen and oxygen atoms in total. The van der Waals surface area contributed by atoms with Crippen molar-refractivity contribution in [3.8, 4) is 0 Å². The van der Waals surface area contributed by atoms with E-state index in [9.17, 15) is 19.2 Å². The van der Waals surface area contributed by atoms with Crippen molar-refractivity contribution in [2.75, 3.05) is 12.3 Å². The molecule has 0 heterocycles. The number of nitrogens with one attached hydrogen (secondary N) is 3. The monoisotopic (exact) mass is 391 g/mol. The second-order valence-electron chi connectivity index (χ2n) is 5.93. The largest absolute Gasteiger partial charge is 0.480 e. The number of rotatable bonds is 12. The molecule has 0 radical (unpaired) electrons. The Morgan fingerprint density at radius 2 is 1.46 bits per heavy atom. The van der Waals surface area contributed by atoms with Crippen LogP contribution in [0.1, 0.15) is 33.1 Å². The average Bonchev–Trinajstić information content (AvgIpc) is 2.59. The highest BCUT2D eigenvalue weighted by atomic mass is 32.1. The lowest BCUT2D eigenvalue weighted by molar-refractivity contribution is -0.142. The molecule has 26 heavy (non-hydrogen) atoms. The van der Waals surface area contributed by atoms with Gasteiger partial charge in [-0.2, -0.15) is 12.6 Å². The summed E-state index contributed by atoms with van der Waals surface area (Å²) in [6.07, 6.45) is 1.45. The molecule has 0 bridgehead atoms. The average molecular weight is 391 g/mol. The molecule has 0 fully saturated rings. The van der Waals surface area contributed by atoms with Crippen LogP contribution in [0.5, 0.6) is 0 Å². The molecule has 150 valence electrons. The lowest BCUT2D eigenvalue weighted by Gasteiger charge is -2.21. The molecular formula is C15H29N5O5S. The van der Waals surface area contributed by atoms with Crippen molar-refractivity contribution in [3.05, 3.63) is 0 Å². The summed E-state index contributed by atoms with van der Waals surface area (Å²) in [5.41, 5.74) is 10.9. The van der Waals surface area contributed by atoms with Crippen molar-refractivity contribution in [2.24, 2.45) is 11.5 Å². The Morgan fingerprint density at radius 1 is 0.962 bits per heavy atom. The Labute approximate surface area is 158 Å². The van der Waals surface area contributed by atoms with Gasteiger partial charge in [-0.3, -0.25) is 14.4 Å². The molecule has 0 aromatic heterocycles. The molecule has 11 heteroatoms. The fourth-order valence-corrected chi connectivity index (χ4v) is 2.09. The van der Waals surface area contributed by atoms with Gasteiger partial charge in [0.05, 0.1) is 6.04 Å². The molecular weight excluding hydrogens is 362 g/mol. The van der Waals surface area contributed by atoms with Gasteiger partial charge >= 0.3 is 5.97 Å². The molecule has 0 aromatic rings. The number of carbonyl (C=O) groups excluding carboxylic acids is 3. The number of thiol groups is 1. The zero-order valence-electron chi connectivity index (χ0n) is 15.0. The fourth-order valence-electron chi connectivity index (χ4n) is 1.92. The molecule has 0 aliphatic carbocycles. The van der Waals surface area contributed by atoms with Gasteiger partial charge in [0.15, 0.2) is 0 Å². The molecule has 8 N–H and O–H groups in total. The van der Waals surface area contributed by atoms with E-state index in [0.717, 1.165) is 0 Å². The van der Waals surface area contributed by atoms with Gasteiger partial charge in [-0.25, -0.2) is 4.79 Å². The third kappa shape index (κ3) is 9.02. The molecule has 0 aromatic carbocycles. The maximum absolute atomic E-state index is 12.1. The van der Waals surface area contributed by atoms with Gasteiger partial charge in [0.2, 0.25) is 17.7 Å². The van der Waals surface area contributed by atoms with Crippen LogP contribution in [0.2, 0.25) is 0 Å². The highest BCUT2D eigenvalue weighted by molar-refractivity contribution is 7.80. The quantitative estimate of drug-likeness (QED) is 0.148. The molecule has 0 spiro atoms. The molecule has 0 saturated carbocycles. The van der Waals surface area contributed by atoms with E-state index in [1.165, 1.54) is 13.8 Å². The number of carboxylic acid groups (broad SMARTS) is 1. The predicted octanol–water partition coefficient (Wildman–Crippen LogP) is -2.05. The zero-order chi connectivity index (χ0) is 20.3. The van der Waals surface area contributed by atoms with Gasteiger partial charge in [-0.1, -0.05) is 0 Å². The SMILES string of the molecule is CC(NC(=O)C(N)CS)C(=O)NC(C)C(=O)NC(CCCCN)C(=O)O. The molecule has 3 amide bonds. The van der Waals surface area contributed by atoms with Crippen molar-refractivity contribution < 1.29 is 24.3 Å². The highest BCUT2D eigenvalue weighted by Crippen LogP contribution is 2.01. The first-order valence-corrected chi connectivity index (χ1v) is 8.97. The van der Waals surface area contributed by atoms with E-state index in [4.69, 9.17) is 16.6 Å². The number of hydrogen-bond donors (Lipinski definition) is 7. The van der Waals surface area contributed by atoms with Crippen LogP contribution in [0.15, 0.2) is 0 Å². The van der Waals surface area contributed by atoms with Crippen molar-refractivity contribution >= 4 is 36.3 Å². The van der Waals surface area contributed by atoms with Crippen LogP contribution >= 0.6 is 12.6 Å². The van der Waals surface area contributed by atoms with Crippen molar-refractivity contribution in [1.29, 1.82) is 0 Å². The van der Waals surface area contributed by atoms with Gasteiger partial charge in [0, 0.05) is 5.75 Å². The molecule has 0 aliphatic heterocycles. The van der Waals surface area contributed by atoms with E-state index in [2.05, 4.69) is 28.6 Å².